The number of aryl methyl sites for hydroxylation is 4. The number of nitrogens with zero attached hydrogens (tertiary/aromatic N) is 3. The zero-order chi connectivity index (χ0) is 23.8. The number of amides is 1. The van der Waals surface area contributed by atoms with Crippen LogP contribution in [0.3, 0.4) is 0 Å². The highest BCUT2D eigenvalue weighted by atomic mass is 35.5. The monoisotopic (exact) mass is 499 g/mol. The van der Waals surface area contributed by atoms with Crippen LogP contribution < -0.4 is 10.9 Å². The molecule has 3 heterocycles. The van der Waals surface area contributed by atoms with Gasteiger partial charge in [-0.25, -0.2) is 4.98 Å². The topological polar surface area (TPSA) is 81.3 Å². The summed E-state index contributed by atoms with van der Waals surface area (Å²) in [4.78, 5) is 39.9. The number of rotatable bonds is 5. The Morgan fingerprint density at radius 1 is 1.15 bits per heavy atom. The summed E-state index contributed by atoms with van der Waals surface area (Å²) in [6.45, 7) is 8.10. The van der Waals surface area contributed by atoms with E-state index in [2.05, 4.69) is 20.1 Å². The maximum absolute atomic E-state index is 12.8. The van der Waals surface area contributed by atoms with Gasteiger partial charge in [0.1, 0.15) is 10.7 Å². The Labute approximate surface area is 208 Å². The number of hydrogen-bond donors (Lipinski definition) is 2. The second-order valence-electron chi connectivity index (χ2n) is 9.44. The van der Waals surface area contributed by atoms with Crippen LogP contribution in [0.2, 0.25) is 5.02 Å². The lowest BCUT2D eigenvalue weighted by Gasteiger charge is -2.33. The van der Waals surface area contributed by atoms with Gasteiger partial charge in [0.15, 0.2) is 0 Å². The lowest BCUT2D eigenvalue weighted by molar-refractivity contribution is -0.117. The Morgan fingerprint density at radius 3 is 2.65 bits per heavy atom. The lowest BCUT2D eigenvalue weighted by Crippen LogP contribution is -2.48. The van der Waals surface area contributed by atoms with E-state index in [1.54, 1.807) is 11.3 Å². The normalized spacial score (nSPS) is 17.1. The number of anilines is 1. The Morgan fingerprint density at radius 2 is 1.88 bits per heavy atom. The summed E-state index contributed by atoms with van der Waals surface area (Å²) in [6, 6.07) is 3.88. The highest BCUT2D eigenvalue weighted by molar-refractivity contribution is 7.18. The Kier molecular flexibility index (Phi) is 6.75. The first-order valence-corrected chi connectivity index (χ1v) is 13.1. The van der Waals surface area contributed by atoms with Gasteiger partial charge in [0.25, 0.3) is 5.56 Å². The van der Waals surface area contributed by atoms with E-state index in [-0.39, 0.29) is 11.5 Å². The molecular weight excluding hydrogens is 470 g/mol. The summed E-state index contributed by atoms with van der Waals surface area (Å²) in [5.74, 6) is 0.673. The minimum Gasteiger partial charge on any atom is -0.323 e. The molecule has 1 saturated heterocycles. The standard InChI is InChI=1S/C25H30ClN5O2S/c1-15-11-16(2)23(18(26)12-15)29-21(32)14-31-9-7-30(8-10-31)13-20-27-24(33)22-17-5-3-4-6-19(17)34-25(22)28-20/h11-12H,3-10,13-14H2,1-2H3,(H,29,32)(H,27,28,33). The summed E-state index contributed by atoms with van der Waals surface area (Å²) in [7, 11) is 0. The largest absolute Gasteiger partial charge is 0.323 e. The molecule has 180 valence electrons. The molecule has 2 aliphatic rings. The maximum Gasteiger partial charge on any atom is 0.259 e. The minimum absolute atomic E-state index is 0.000216. The first-order chi connectivity index (χ1) is 16.4. The predicted molar refractivity (Wildman–Crippen MR) is 138 cm³/mol. The highest BCUT2D eigenvalue weighted by Gasteiger charge is 2.23. The van der Waals surface area contributed by atoms with Crippen molar-refractivity contribution in [2.24, 2.45) is 0 Å². The molecule has 0 saturated carbocycles. The van der Waals surface area contributed by atoms with Gasteiger partial charge in [-0.05, 0) is 62.3 Å². The predicted octanol–water partition coefficient (Wildman–Crippen LogP) is 3.89. The van der Waals surface area contributed by atoms with E-state index in [1.807, 2.05) is 26.0 Å². The van der Waals surface area contributed by atoms with Crippen LogP contribution in [0.4, 0.5) is 5.69 Å². The number of halogens is 1. The van der Waals surface area contributed by atoms with Crippen molar-refractivity contribution in [3.05, 3.63) is 54.9 Å². The molecule has 3 aromatic rings. The molecular formula is C25H30ClN5O2S. The molecule has 0 spiro atoms. The number of hydrogen-bond acceptors (Lipinski definition) is 6. The number of H-pyrrole nitrogens is 1. The van der Waals surface area contributed by atoms with Crippen LogP contribution >= 0.6 is 22.9 Å². The number of fused-ring (bicyclic) bond motifs is 3. The average Bonchev–Trinajstić information content (AvgIpc) is 3.16. The van der Waals surface area contributed by atoms with Gasteiger partial charge in [0.2, 0.25) is 5.91 Å². The van der Waals surface area contributed by atoms with Crippen molar-refractivity contribution >= 4 is 44.7 Å². The summed E-state index contributed by atoms with van der Waals surface area (Å²) >= 11 is 8.02. The van der Waals surface area contributed by atoms with Crippen molar-refractivity contribution < 1.29 is 4.79 Å². The first kappa shape index (κ1) is 23.5. The van der Waals surface area contributed by atoms with Gasteiger partial charge in [-0.3, -0.25) is 19.4 Å². The molecule has 34 heavy (non-hydrogen) atoms. The zero-order valence-electron chi connectivity index (χ0n) is 19.7. The van der Waals surface area contributed by atoms with Crippen molar-refractivity contribution in [1.82, 2.24) is 19.8 Å². The number of benzene rings is 1. The molecule has 1 aliphatic carbocycles. The quantitative estimate of drug-likeness (QED) is 0.556. The van der Waals surface area contributed by atoms with Crippen molar-refractivity contribution in [3.8, 4) is 0 Å². The molecule has 2 aromatic heterocycles. The van der Waals surface area contributed by atoms with Crippen LogP contribution in [0.5, 0.6) is 0 Å². The Bertz CT molecular complexity index is 1270. The second-order valence-corrected chi connectivity index (χ2v) is 10.9. The van der Waals surface area contributed by atoms with Gasteiger partial charge in [0, 0.05) is 31.1 Å². The molecule has 0 atom stereocenters. The van der Waals surface area contributed by atoms with Crippen LogP contribution in [-0.4, -0.2) is 58.4 Å². The summed E-state index contributed by atoms with van der Waals surface area (Å²) in [5.41, 5.74) is 3.95. The van der Waals surface area contributed by atoms with Crippen molar-refractivity contribution in [3.63, 3.8) is 0 Å². The average molecular weight is 500 g/mol. The summed E-state index contributed by atoms with van der Waals surface area (Å²) in [6.07, 6.45) is 4.41. The smallest absolute Gasteiger partial charge is 0.259 e. The Balaban J connectivity index is 1.17. The van der Waals surface area contributed by atoms with Gasteiger partial charge in [-0.15, -0.1) is 11.3 Å². The highest BCUT2D eigenvalue weighted by Crippen LogP contribution is 2.33. The molecule has 7 nitrogen and oxygen atoms in total. The maximum atomic E-state index is 12.8. The molecule has 0 radical (unpaired) electrons. The van der Waals surface area contributed by atoms with Gasteiger partial charge < -0.3 is 10.3 Å². The molecule has 0 unspecified atom stereocenters. The van der Waals surface area contributed by atoms with E-state index in [0.29, 0.717) is 23.8 Å². The zero-order valence-corrected chi connectivity index (χ0v) is 21.2. The number of thiophene rings is 1. The Hall–Kier alpha value is -2.26. The molecule has 0 bridgehead atoms. The molecule has 1 aliphatic heterocycles. The molecule has 1 amide bonds. The van der Waals surface area contributed by atoms with E-state index in [0.717, 1.165) is 72.6 Å². The van der Waals surface area contributed by atoms with E-state index < -0.39 is 0 Å². The molecule has 9 heteroatoms. The van der Waals surface area contributed by atoms with Crippen LogP contribution in [0.25, 0.3) is 10.2 Å². The molecule has 2 N–H and O–H groups in total. The summed E-state index contributed by atoms with van der Waals surface area (Å²) < 4.78 is 0. The van der Waals surface area contributed by atoms with Gasteiger partial charge >= 0.3 is 0 Å². The van der Waals surface area contributed by atoms with Crippen molar-refractivity contribution in [2.45, 2.75) is 46.1 Å². The number of carbonyl (C=O) groups excluding carboxylic acids is 1. The van der Waals surface area contributed by atoms with Gasteiger partial charge in [-0.2, -0.15) is 0 Å². The van der Waals surface area contributed by atoms with E-state index in [1.165, 1.54) is 16.9 Å². The van der Waals surface area contributed by atoms with E-state index in [4.69, 9.17) is 16.6 Å². The van der Waals surface area contributed by atoms with Gasteiger partial charge in [-0.1, -0.05) is 17.7 Å². The van der Waals surface area contributed by atoms with E-state index in [9.17, 15) is 9.59 Å². The van der Waals surface area contributed by atoms with Crippen molar-refractivity contribution in [1.29, 1.82) is 0 Å². The number of carbonyl (C=O) groups is 1. The third-order valence-corrected chi connectivity index (χ3v) is 8.26. The number of aromatic amines is 1. The second kappa shape index (κ2) is 9.77. The lowest BCUT2D eigenvalue weighted by atomic mass is 9.97. The number of aromatic nitrogens is 2. The fraction of sp³-hybridized carbons (Fsp3) is 0.480. The summed E-state index contributed by atoms with van der Waals surface area (Å²) in [5, 5.41) is 4.35. The third kappa shape index (κ3) is 4.91. The van der Waals surface area contributed by atoms with Crippen LogP contribution in [0.1, 0.15) is 40.2 Å². The number of nitrogens with one attached hydrogen (secondary N) is 2. The van der Waals surface area contributed by atoms with Crippen LogP contribution in [0, 0.1) is 13.8 Å². The fourth-order valence-electron chi connectivity index (χ4n) is 5.06. The third-order valence-electron chi connectivity index (χ3n) is 6.78. The van der Waals surface area contributed by atoms with E-state index >= 15 is 0 Å². The van der Waals surface area contributed by atoms with Crippen LogP contribution in [-0.2, 0) is 24.2 Å². The first-order valence-electron chi connectivity index (χ1n) is 11.9. The molecule has 1 fully saturated rings. The SMILES string of the molecule is Cc1cc(C)c(NC(=O)CN2CCN(Cc3nc4sc5c(c4c(=O)[nH]3)CCCC5)CC2)c(Cl)c1. The van der Waals surface area contributed by atoms with Crippen LogP contribution in [0.15, 0.2) is 16.9 Å². The fourth-order valence-corrected chi connectivity index (χ4v) is 6.71. The minimum atomic E-state index is -0.0552. The number of piperazine rings is 1. The molecule has 5 rings (SSSR count). The molecule has 1 aromatic carbocycles. The van der Waals surface area contributed by atoms with Crippen molar-refractivity contribution in [2.75, 3.05) is 38.0 Å². The van der Waals surface area contributed by atoms with Gasteiger partial charge in [0.05, 0.1) is 29.2 Å².